The first kappa shape index (κ1) is 12.8. The molecule has 0 atom stereocenters. The normalized spacial score (nSPS) is 14.4. The summed E-state index contributed by atoms with van der Waals surface area (Å²) in [6.07, 6.45) is 0. The highest BCUT2D eigenvalue weighted by molar-refractivity contribution is 7.15. The first-order valence-electron chi connectivity index (χ1n) is 6.08. The van der Waals surface area contributed by atoms with Gasteiger partial charge in [0.25, 0.3) is 5.91 Å². The van der Waals surface area contributed by atoms with Crippen molar-refractivity contribution in [2.45, 2.75) is 6.54 Å². The molecular formula is C12H13N5O2S. The number of fused-ring (bicyclic) bond motifs is 1. The van der Waals surface area contributed by atoms with E-state index < -0.39 is 0 Å². The van der Waals surface area contributed by atoms with Gasteiger partial charge in [0, 0.05) is 0 Å². The highest BCUT2D eigenvalue weighted by Gasteiger charge is 2.24. The van der Waals surface area contributed by atoms with E-state index in [2.05, 4.69) is 15.6 Å². The topological polar surface area (TPSA) is 93.4 Å². The number of benzene rings is 1. The molecule has 0 spiro atoms. The number of rotatable bonds is 3. The number of nitrogens with two attached hydrogens (primary N) is 1. The lowest BCUT2D eigenvalue weighted by Gasteiger charge is -2.17. The minimum atomic E-state index is -0.0597. The molecule has 1 amide bonds. The second kappa shape index (κ2) is 5.43. The molecule has 1 aliphatic heterocycles. The number of hydrazine groups is 1. The van der Waals surface area contributed by atoms with Crippen LogP contribution in [-0.4, -0.2) is 34.2 Å². The second-order valence-corrected chi connectivity index (χ2v) is 5.28. The van der Waals surface area contributed by atoms with Gasteiger partial charge >= 0.3 is 0 Å². The largest absolute Gasteiger partial charge is 0.491 e. The number of para-hydroxylation sites is 1. The van der Waals surface area contributed by atoms with E-state index >= 15 is 0 Å². The van der Waals surface area contributed by atoms with Crippen LogP contribution < -0.4 is 16.0 Å². The van der Waals surface area contributed by atoms with Crippen molar-refractivity contribution < 1.29 is 9.53 Å². The SMILES string of the molecule is NNc1nnc(CN2CCOc3ccccc3C2=O)s1. The van der Waals surface area contributed by atoms with E-state index in [1.807, 2.05) is 12.1 Å². The number of anilines is 1. The number of amides is 1. The van der Waals surface area contributed by atoms with Crippen molar-refractivity contribution >= 4 is 22.4 Å². The molecule has 0 bridgehead atoms. The molecule has 0 fully saturated rings. The Kier molecular flexibility index (Phi) is 3.48. The highest BCUT2D eigenvalue weighted by Crippen LogP contribution is 2.24. The molecule has 0 saturated carbocycles. The minimum Gasteiger partial charge on any atom is -0.491 e. The van der Waals surface area contributed by atoms with Gasteiger partial charge in [0.2, 0.25) is 5.13 Å². The molecule has 8 heteroatoms. The Morgan fingerprint density at radius 3 is 3.05 bits per heavy atom. The van der Waals surface area contributed by atoms with Crippen molar-refractivity contribution in [3.8, 4) is 5.75 Å². The van der Waals surface area contributed by atoms with Crippen molar-refractivity contribution in [2.75, 3.05) is 18.6 Å². The molecule has 0 unspecified atom stereocenters. The number of hydrogen-bond donors (Lipinski definition) is 2. The number of ether oxygens (including phenoxy) is 1. The maximum absolute atomic E-state index is 12.5. The summed E-state index contributed by atoms with van der Waals surface area (Å²) < 4.78 is 5.59. The molecule has 0 aliphatic carbocycles. The lowest BCUT2D eigenvalue weighted by Crippen LogP contribution is -2.31. The third-order valence-corrected chi connectivity index (χ3v) is 3.78. The van der Waals surface area contributed by atoms with E-state index in [1.165, 1.54) is 11.3 Å². The van der Waals surface area contributed by atoms with Gasteiger partial charge in [-0.1, -0.05) is 23.5 Å². The standard InChI is InChI=1S/C12H13N5O2S/c13-14-12-16-15-10(20-12)7-17-5-6-19-9-4-2-1-3-8(9)11(17)18/h1-4H,5-7,13H2,(H,14,16). The predicted molar refractivity (Wildman–Crippen MR) is 74.4 cm³/mol. The average molecular weight is 291 g/mol. The zero-order valence-electron chi connectivity index (χ0n) is 10.6. The molecular weight excluding hydrogens is 278 g/mol. The van der Waals surface area contributed by atoms with Gasteiger partial charge in [0.1, 0.15) is 17.4 Å². The molecule has 1 aromatic carbocycles. The fourth-order valence-electron chi connectivity index (χ4n) is 2.00. The Morgan fingerprint density at radius 2 is 2.25 bits per heavy atom. The van der Waals surface area contributed by atoms with Crippen LogP contribution in [0.4, 0.5) is 5.13 Å². The van der Waals surface area contributed by atoms with Gasteiger partial charge in [-0.2, -0.15) is 0 Å². The Hall–Kier alpha value is -2.19. The Labute approximate surface area is 119 Å². The van der Waals surface area contributed by atoms with Crippen LogP contribution in [0.5, 0.6) is 5.75 Å². The molecule has 0 saturated heterocycles. The number of nitrogen functional groups attached to an aromatic ring is 1. The van der Waals surface area contributed by atoms with E-state index in [1.54, 1.807) is 17.0 Å². The van der Waals surface area contributed by atoms with Gasteiger partial charge < -0.3 is 9.64 Å². The minimum absolute atomic E-state index is 0.0597. The number of hydrogen-bond acceptors (Lipinski definition) is 7. The molecule has 1 aliphatic rings. The van der Waals surface area contributed by atoms with Gasteiger partial charge in [-0.3, -0.25) is 10.2 Å². The van der Waals surface area contributed by atoms with E-state index in [0.29, 0.717) is 36.1 Å². The Bertz CT molecular complexity index is 630. The summed E-state index contributed by atoms with van der Waals surface area (Å²) >= 11 is 1.32. The molecule has 20 heavy (non-hydrogen) atoms. The van der Waals surface area contributed by atoms with Crippen molar-refractivity contribution in [1.82, 2.24) is 15.1 Å². The van der Waals surface area contributed by atoms with Gasteiger partial charge in [-0.25, -0.2) is 5.84 Å². The van der Waals surface area contributed by atoms with E-state index in [-0.39, 0.29) is 5.91 Å². The van der Waals surface area contributed by atoms with Crippen molar-refractivity contribution in [1.29, 1.82) is 0 Å². The Balaban J connectivity index is 1.82. The van der Waals surface area contributed by atoms with Crippen LogP contribution in [-0.2, 0) is 6.54 Å². The van der Waals surface area contributed by atoms with Gasteiger partial charge in [0.15, 0.2) is 0 Å². The summed E-state index contributed by atoms with van der Waals surface area (Å²) in [6, 6.07) is 7.25. The van der Waals surface area contributed by atoms with Crippen LogP contribution in [0.1, 0.15) is 15.4 Å². The summed E-state index contributed by atoms with van der Waals surface area (Å²) in [5.74, 6) is 5.84. The lowest BCUT2D eigenvalue weighted by atomic mass is 10.2. The summed E-state index contributed by atoms with van der Waals surface area (Å²) in [5, 5.41) is 9.10. The summed E-state index contributed by atoms with van der Waals surface area (Å²) in [5.41, 5.74) is 3.02. The van der Waals surface area contributed by atoms with E-state index in [4.69, 9.17) is 10.6 Å². The average Bonchev–Trinajstić information content (AvgIpc) is 2.87. The molecule has 104 valence electrons. The number of nitrogens with one attached hydrogen (secondary N) is 1. The third-order valence-electron chi connectivity index (χ3n) is 2.94. The van der Waals surface area contributed by atoms with E-state index in [0.717, 1.165) is 5.01 Å². The molecule has 7 nitrogen and oxygen atoms in total. The monoisotopic (exact) mass is 291 g/mol. The summed E-state index contributed by atoms with van der Waals surface area (Å²) in [7, 11) is 0. The van der Waals surface area contributed by atoms with Gasteiger partial charge in [0.05, 0.1) is 18.7 Å². The lowest BCUT2D eigenvalue weighted by molar-refractivity contribution is 0.0742. The summed E-state index contributed by atoms with van der Waals surface area (Å²) in [6.45, 7) is 1.37. The van der Waals surface area contributed by atoms with Crippen molar-refractivity contribution in [3.05, 3.63) is 34.8 Å². The molecule has 2 aromatic rings. The van der Waals surface area contributed by atoms with Gasteiger partial charge in [-0.15, -0.1) is 10.2 Å². The zero-order chi connectivity index (χ0) is 13.9. The number of carbonyl (C=O) groups is 1. The van der Waals surface area contributed by atoms with Crippen LogP contribution in [0, 0.1) is 0 Å². The third kappa shape index (κ3) is 2.43. The second-order valence-electron chi connectivity index (χ2n) is 4.22. The first-order valence-corrected chi connectivity index (χ1v) is 6.89. The van der Waals surface area contributed by atoms with Crippen LogP contribution in [0.3, 0.4) is 0 Å². The molecule has 0 radical (unpaired) electrons. The Morgan fingerprint density at radius 1 is 1.40 bits per heavy atom. The molecule has 2 heterocycles. The predicted octanol–water partition coefficient (Wildman–Crippen LogP) is 0.858. The maximum Gasteiger partial charge on any atom is 0.258 e. The number of nitrogens with zero attached hydrogens (tertiary/aromatic N) is 3. The van der Waals surface area contributed by atoms with Crippen LogP contribution in [0.15, 0.2) is 24.3 Å². The zero-order valence-corrected chi connectivity index (χ0v) is 11.4. The molecule has 3 rings (SSSR count). The van der Waals surface area contributed by atoms with Gasteiger partial charge in [-0.05, 0) is 12.1 Å². The highest BCUT2D eigenvalue weighted by atomic mass is 32.1. The summed E-state index contributed by atoms with van der Waals surface area (Å²) in [4.78, 5) is 14.2. The fraction of sp³-hybridized carbons (Fsp3) is 0.250. The maximum atomic E-state index is 12.5. The van der Waals surface area contributed by atoms with Crippen molar-refractivity contribution in [2.24, 2.45) is 5.84 Å². The molecule has 3 N–H and O–H groups in total. The van der Waals surface area contributed by atoms with Crippen LogP contribution >= 0.6 is 11.3 Å². The van der Waals surface area contributed by atoms with Crippen LogP contribution in [0.2, 0.25) is 0 Å². The van der Waals surface area contributed by atoms with Crippen LogP contribution in [0.25, 0.3) is 0 Å². The van der Waals surface area contributed by atoms with Crippen molar-refractivity contribution in [3.63, 3.8) is 0 Å². The first-order chi connectivity index (χ1) is 9.78. The molecule has 1 aromatic heterocycles. The smallest absolute Gasteiger partial charge is 0.258 e. The number of aromatic nitrogens is 2. The number of carbonyl (C=O) groups excluding carboxylic acids is 1. The van der Waals surface area contributed by atoms with E-state index in [9.17, 15) is 4.79 Å². The quantitative estimate of drug-likeness (QED) is 0.643. The fourth-order valence-corrected chi connectivity index (χ4v) is 2.66.